The van der Waals surface area contributed by atoms with Gasteiger partial charge in [0.25, 0.3) is 0 Å². The topological polar surface area (TPSA) is 71.4 Å². The molecule has 0 spiro atoms. The molecule has 0 bridgehead atoms. The molecule has 0 unspecified atom stereocenters. The van der Waals surface area contributed by atoms with Gasteiger partial charge in [-0.05, 0) is 86.6 Å². The normalized spacial score (nSPS) is 16.9. The largest absolute Gasteiger partial charge is 0.494 e. The van der Waals surface area contributed by atoms with E-state index in [4.69, 9.17) is 33.5 Å². The molecular weight excluding hydrogens is 566 g/mol. The van der Waals surface area contributed by atoms with Crippen molar-refractivity contribution in [3.63, 3.8) is 0 Å². The van der Waals surface area contributed by atoms with Crippen molar-refractivity contribution in [3.8, 4) is 11.4 Å². The van der Waals surface area contributed by atoms with Crippen molar-refractivity contribution < 1.29 is 9.53 Å². The van der Waals surface area contributed by atoms with Crippen molar-refractivity contribution in [2.24, 2.45) is 5.41 Å². The third kappa shape index (κ3) is 5.49. The van der Waals surface area contributed by atoms with Gasteiger partial charge in [0, 0.05) is 45.5 Å². The maximum Gasteiger partial charge on any atom is 0.229 e. The lowest BCUT2D eigenvalue weighted by Crippen LogP contribution is -2.30. The molecule has 42 heavy (non-hydrogen) atoms. The van der Waals surface area contributed by atoms with Gasteiger partial charge in [-0.2, -0.15) is 0 Å². The zero-order valence-electron chi connectivity index (χ0n) is 24.9. The molecule has 2 aromatic heterocycles. The Morgan fingerprint density at radius 2 is 1.83 bits per heavy atom. The van der Waals surface area contributed by atoms with Crippen molar-refractivity contribution in [2.45, 2.75) is 53.6 Å². The molecule has 5 rings (SSSR count). The molecule has 1 aliphatic rings. The Labute approximate surface area is 257 Å². The fourth-order valence-electron chi connectivity index (χ4n) is 5.47. The van der Waals surface area contributed by atoms with Crippen LogP contribution in [0.4, 0.5) is 11.4 Å². The molecule has 3 heterocycles. The zero-order valence-corrected chi connectivity index (χ0v) is 26.5. The van der Waals surface area contributed by atoms with Crippen LogP contribution in [0, 0.1) is 26.2 Å². The molecular formula is C33H36ClN5O2S. The third-order valence-corrected chi connectivity index (χ3v) is 8.24. The maximum absolute atomic E-state index is 12.7. The minimum atomic E-state index is -0.547. The first kappa shape index (κ1) is 29.6. The van der Waals surface area contributed by atoms with Crippen molar-refractivity contribution in [1.29, 1.82) is 0 Å². The number of rotatable bonds is 6. The highest BCUT2D eigenvalue weighted by Gasteiger charge is 2.42. The van der Waals surface area contributed by atoms with Gasteiger partial charge in [-0.15, -0.1) is 0 Å². The van der Waals surface area contributed by atoms with E-state index in [2.05, 4.69) is 46.9 Å². The molecule has 0 radical (unpaired) electrons. The number of thiocarbonyl (C=S) groups is 1. The molecule has 2 atom stereocenters. The number of pyridine rings is 1. The number of nitrogens with zero attached hydrogens (tertiary/aromatic N) is 3. The number of amides is 1. The number of aromatic nitrogens is 2. The van der Waals surface area contributed by atoms with Gasteiger partial charge >= 0.3 is 0 Å². The molecule has 2 N–H and O–H groups in total. The van der Waals surface area contributed by atoms with Crippen molar-refractivity contribution in [1.82, 2.24) is 14.9 Å². The standard InChI is InChI=1S/C33H36ClN5O2S/c1-19-11-12-22(34)17-27(19)38-20(2)16-24(21(38)3)30-29(26-10-8-9-15-35-26)37-32(42)39(30)23-13-14-25(28(18-23)41-7)36-31(40)33(4,5)6/h8-18,29-30H,1-7H3,(H,36,40)(H,37,42)/t29-,30+/m0/s1. The quantitative estimate of drug-likeness (QED) is 0.222. The van der Waals surface area contributed by atoms with Crippen LogP contribution >= 0.6 is 23.8 Å². The monoisotopic (exact) mass is 601 g/mol. The van der Waals surface area contributed by atoms with Gasteiger partial charge in [-0.3, -0.25) is 9.78 Å². The van der Waals surface area contributed by atoms with Crippen LogP contribution in [0.5, 0.6) is 5.75 Å². The van der Waals surface area contributed by atoms with Crippen LogP contribution in [0.2, 0.25) is 5.02 Å². The fraction of sp³-hybridized carbons (Fsp3) is 0.303. The fourth-order valence-corrected chi connectivity index (χ4v) is 5.99. The number of anilines is 2. The molecule has 218 valence electrons. The molecule has 1 fully saturated rings. The lowest BCUT2D eigenvalue weighted by atomic mass is 9.95. The van der Waals surface area contributed by atoms with Crippen LogP contribution < -0.4 is 20.3 Å². The SMILES string of the molecule is COc1cc(N2C(=S)N[C@@H](c3ccccn3)[C@H]2c2cc(C)n(-c3cc(Cl)ccc3C)c2C)ccc1NC(=O)C(C)(C)C. The van der Waals surface area contributed by atoms with E-state index < -0.39 is 5.41 Å². The van der Waals surface area contributed by atoms with E-state index in [1.165, 1.54) is 0 Å². The van der Waals surface area contributed by atoms with Gasteiger partial charge in [0.05, 0.1) is 30.6 Å². The summed E-state index contributed by atoms with van der Waals surface area (Å²) >= 11 is 12.4. The Morgan fingerprint density at radius 3 is 2.50 bits per heavy atom. The minimum Gasteiger partial charge on any atom is -0.494 e. The van der Waals surface area contributed by atoms with E-state index in [-0.39, 0.29) is 18.0 Å². The van der Waals surface area contributed by atoms with Crippen molar-refractivity contribution >= 4 is 46.2 Å². The van der Waals surface area contributed by atoms with Gasteiger partial charge in [0.15, 0.2) is 5.11 Å². The number of carbonyl (C=O) groups excluding carboxylic acids is 1. The summed E-state index contributed by atoms with van der Waals surface area (Å²) < 4.78 is 7.99. The van der Waals surface area contributed by atoms with E-state index in [0.29, 0.717) is 21.6 Å². The molecule has 1 aliphatic heterocycles. The Kier molecular flexibility index (Phi) is 8.05. The molecule has 9 heteroatoms. The summed E-state index contributed by atoms with van der Waals surface area (Å²) in [7, 11) is 1.60. The minimum absolute atomic E-state index is 0.0937. The van der Waals surface area contributed by atoms with Gasteiger partial charge in [0.1, 0.15) is 5.75 Å². The Morgan fingerprint density at radius 1 is 1.07 bits per heavy atom. The molecule has 4 aromatic rings. The van der Waals surface area contributed by atoms with E-state index in [0.717, 1.165) is 39.6 Å². The summed E-state index contributed by atoms with van der Waals surface area (Å²) in [4.78, 5) is 19.6. The first-order chi connectivity index (χ1) is 19.9. The van der Waals surface area contributed by atoms with Gasteiger partial charge < -0.3 is 24.8 Å². The number of halogens is 1. The van der Waals surface area contributed by atoms with Gasteiger partial charge in [0.2, 0.25) is 5.91 Å². The van der Waals surface area contributed by atoms with Crippen LogP contribution in [0.15, 0.2) is 66.9 Å². The van der Waals surface area contributed by atoms with Crippen LogP contribution in [0.25, 0.3) is 5.69 Å². The average molecular weight is 602 g/mol. The molecule has 2 aromatic carbocycles. The number of hydrogen-bond acceptors (Lipinski definition) is 4. The first-order valence-electron chi connectivity index (χ1n) is 13.9. The Balaban J connectivity index is 1.64. The van der Waals surface area contributed by atoms with Crippen LogP contribution in [-0.2, 0) is 4.79 Å². The lowest BCUT2D eigenvalue weighted by Gasteiger charge is -2.29. The number of hydrogen-bond donors (Lipinski definition) is 2. The molecule has 7 nitrogen and oxygen atoms in total. The number of methoxy groups -OCH3 is 1. The van der Waals surface area contributed by atoms with Gasteiger partial charge in [-0.25, -0.2) is 0 Å². The Hall–Kier alpha value is -3.88. The summed E-state index contributed by atoms with van der Waals surface area (Å²) in [5.74, 6) is 0.455. The van der Waals surface area contributed by atoms with Crippen LogP contribution in [-0.4, -0.2) is 27.7 Å². The summed E-state index contributed by atoms with van der Waals surface area (Å²) in [6, 6.07) is 19.4. The second-order valence-corrected chi connectivity index (χ2v) is 12.5. The van der Waals surface area contributed by atoms with E-state index in [1.54, 1.807) is 13.3 Å². The number of aryl methyl sites for hydroxylation is 2. The number of nitrogens with one attached hydrogen (secondary N) is 2. The summed E-state index contributed by atoms with van der Waals surface area (Å²) in [6.45, 7) is 12.0. The molecule has 0 aliphatic carbocycles. The first-order valence-corrected chi connectivity index (χ1v) is 14.6. The average Bonchev–Trinajstić information content (AvgIpc) is 3.44. The highest BCUT2D eigenvalue weighted by molar-refractivity contribution is 7.80. The second-order valence-electron chi connectivity index (χ2n) is 11.7. The van der Waals surface area contributed by atoms with Crippen molar-refractivity contribution in [2.75, 3.05) is 17.3 Å². The number of benzene rings is 2. The molecule has 1 amide bonds. The lowest BCUT2D eigenvalue weighted by molar-refractivity contribution is -0.123. The van der Waals surface area contributed by atoms with Crippen LogP contribution in [0.1, 0.15) is 61.1 Å². The molecule has 0 saturated carbocycles. The zero-order chi connectivity index (χ0) is 30.3. The highest BCUT2D eigenvalue weighted by Crippen LogP contribution is 2.45. The van der Waals surface area contributed by atoms with E-state index in [1.807, 2.05) is 75.4 Å². The van der Waals surface area contributed by atoms with Crippen LogP contribution in [0.3, 0.4) is 0 Å². The summed E-state index contributed by atoms with van der Waals surface area (Å²) in [5, 5.41) is 7.81. The van der Waals surface area contributed by atoms with E-state index >= 15 is 0 Å². The van der Waals surface area contributed by atoms with Gasteiger partial charge in [-0.1, -0.05) is 44.5 Å². The van der Waals surface area contributed by atoms with Crippen molar-refractivity contribution in [3.05, 3.63) is 100 Å². The van der Waals surface area contributed by atoms with E-state index in [9.17, 15) is 4.79 Å². The smallest absolute Gasteiger partial charge is 0.229 e. The number of carbonyl (C=O) groups is 1. The number of ether oxygens (including phenoxy) is 1. The Bertz CT molecular complexity index is 1660. The maximum atomic E-state index is 12.7. The predicted molar refractivity (Wildman–Crippen MR) is 174 cm³/mol. The third-order valence-electron chi connectivity index (χ3n) is 7.69. The summed E-state index contributed by atoms with van der Waals surface area (Å²) in [5.41, 5.74) is 7.23. The second kappa shape index (κ2) is 11.4. The highest BCUT2D eigenvalue weighted by atomic mass is 35.5. The summed E-state index contributed by atoms with van der Waals surface area (Å²) in [6.07, 6.45) is 1.80. The molecule has 1 saturated heterocycles. The predicted octanol–water partition coefficient (Wildman–Crippen LogP) is 7.62.